The Kier molecular flexibility index (Phi) is 5.87. The van der Waals surface area contributed by atoms with Gasteiger partial charge in [0.1, 0.15) is 6.10 Å². The maximum atomic E-state index is 6.13. The van der Waals surface area contributed by atoms with Crippen molar-refractivity contribution in [3.05, 3.63) is 76.2 Å². The van der Waals surface area contributed by atoms with Crippen molar-refractivity contribution >= 4 is 33.1 Å². The van der Waals surface area contributed by atoms with Gasteiger partial charge in [-0.25, -0.2) is 4.98 Å². The Labute approximate surface area is 192 Å². The van der Waals surface area contributed by atoms with Gasteiger partial charge in [0.2, 0.25) is 0 Å². The van der Waals surface area contributed by atoms with Crippen molar-refractivity contribution in [3.63, 3.8) is 0 Å². The Morgan fingerprint density at radius 3 is 2.88 bits per heavy atom. The van der Waals surface area contributed by atoms with E-state index >= 15 is 0 Å². The Balaban J connectivity index is 1.31. The fourth-order valence-electron chi connectivity index (χ4n) is 4.09. The molecule has 0 bridgehead atoms. The highest BCUT2D eigenvalue weighted by molar-refractivity contribution is 7.15. The van der Waals surface area contributed by atoms with Crippen LogP contribution in [0.3, 0.4) is 0 Å². The maximum Gasteiger partial charge on any atom is 0.187 e. The van der Waals surface area contributed by atoms with E-state index < -0.39 is 0 Å². The van der Waals surface area contributed by atoms with Gasteiger partial charge in [0.05, 0.1) is 23.5 Å². The third kappa shape index (κ3) is 4.65. The molecular weight excluding hydrogens is 418 g/mol. The molecule has 1 aliphatic rings. The smallest absolute Gasteiger partial charge is 0.187 e. The van der Waals surface area contributed by atoms with Crippen LogP contribution in [0, 0.1) is 20.8 Å². The van der Waals surface area contributed by atoms with Crippen LogP contribution in [-0.4, -0.2) is 39.5 Å². The summed E-state index contributed by atoms with van der Waals surface area (Å²) >= 11 is 1.67. The number of thiazole rings is 1. The number of ether oxygens (including phenoxy) is 1. The minimum absolute atomic E-state index is 0.0499. The number of nitrogens with one attached hydrogen (secondary N) is 1. The molecule has 1 atom stereocenters. The molecule has 0 amide bonds. The Morgan fingerprint density at radius 1 is 1.12 bits per heavy atom. The minimum atomic E-state index is -0.0499. The van der Waals surface area contributed by atoms with Crippen LogP contribution < -0.4 is 5.32 Å². The van der Waals surface area contributed by atoms with Crippen molar-refractivity contribution in [2.24, 2.45) is 0 Å². The van der Waals surface area contributed by atoms with Crippen molar-refractivity contribution in [1.82, 2.24) is 19.9 Å². The van der Waals surface area contributed by atoms with Crippen molar-refractivity contribution in [3.8, 4) is 0 Å². The Morgan fingerprint density at radius 2 is 2.03 bits per heavy atom. The van der Waals surface area contributed by atoms with Crippen LogP contribution in [0.4, 0.5) is 10.8 Å². The largest absolute Gasteiger partial charge is 0.369 e. The van der Waals surface area contributed by atoms with E-state index in [9.17, 15) is 0 Å². The van der Waals surface area contributed by atoms with Gasteiger partial charge in [-0.3, -0.25) is 14.9 Å². The van der Waals surface area contributed by atoms with E-state index in [1.54, 1.807) is 11.3 Å². The van der Waals surface area contributed by atoms with E-state index in [2.05, 4.69) is 63.5 Å². The van der Waals surface area contributed by atoms with Gasteiger partial charge < -0.3 is 10.1 Å². The first kappa shape index (κ1) is 21.0. The van der Waals surface area contributed by atoms with E-state index in [4.69, 9.17) is 9.72 Å². The van der Waals surface area contributed by atoms with E-state index in [-0.39, 0.29) is 6.10 Å². The van der Waals surface area contributed by atoms with E-state index in [0.29, 0.717) is 6.61 Å². The van der Waals surface area contributed by atoms with Crippen molar-refractivity contribution in [2.75, 3.05) is 25.0 Å². The SMILES string of the molecule is Cc1cc(Nc2nc(C)c(C)s2)cc([C@@H]2CN(Cc3ccc4ncccc4c3)CCO2)n1. The van der Waals surface area contributed by atoms with Crippen LogP contribution in [0.25, 0.3) is 10.9 Å². The van der Waals surface area contributed by atoms with Crippen LogP contribution in [0.5, 0.6) is 0 Å². The predicted molar refractivity (Wildman–Crippen MR) is 130 cm³/mol. The number of aromatic nitrogens is 3. The summed E-state index contributed by atoms with van der Waals surface area (Å²) in [4.78, 5) is 17.5. The van der Waals surface area contributed by atoms with Gasteiger partial charge in [0.15, 0.2) is 5.13 Å². The molecule has 7 heteroatoms. The first-order valence-electron chi connectivity index (χ1n) is 10.9. The normalized spacial score (nSPS) is 17.0. The van der Waals surface area contributed by atoms with Gasteiger partial charge >= 0.3 is 0 Å². The summed E-state index contributed by atoms with van der Waals surface area (Å²) in [6.07, 6.45) is 1.79. The van der Waals surface area contributed by atoms with Gasteiger partial charge in [-0.2, -0.15) is 0 Å². The lowest BCUT2D eigenvalue weighted by Gasteiger charge is -2.33. The topological polar surface area (TPSA) is 63.2 Å². The number of fused-ring (bicyclic) bond motifs is 1. The molecule has 3 aromatic heterocycles. The molecule has 1 N–H and O–H groups in total. The zero-order valence-electron chi connectivity index (χ0n) is 18.6. The molecule has 0 spiro atoms. The number of aryl methyl sites for hydroxylation is 3. The molecule has 0 radical (unpaired) electrons. The highest BCUT2D eigenvalue weighted by atomic mass is 32.1. The summed E-state index contributed by atoms with van der Waals surface area (Å²) < 4.78 is 6.13. The van der Waals surface area contributed by atoms with E-state index in [1.165, 1.54) is 15.8 Å². The van der Waals surface area contributed by atoms with Crippen LogP contribution >= 0.6 is 11.3 Å². The zero-order chi connectivity index (χ0) is 22.1. The molecule has 4 aromatic rings. The lowest BCUT2D eigenvalue weighted by molar-refractivity contribution is -0.0350. The molecular formula is C25H27N5OS. The second-order valence-corrected chi connectivity index (χ2v) is 9.54. The molecule has 6 nitrogen and oxygen atoms in total. The number of anilines is 2. The van der Waals surface area contributed by atoms with Crippen molar-refractivity contribution in [1.29, 1.82) is 0 Å². The third-order valence-electron chi connectivity index (χ3n) is 5.81. The van der Waals surface area contributed by atoms with Gasteiger partial charge in [-0.1, -0.05) is 12.1 Å². The predicted octanol–water partition coefficient (Wildman–Crippen LogP) is 5.33. The number of pyridine rings is 2. The first-order chi connectivity index (χ1) is 15.5. The zero-order valence-corrected chi connectivity index (χ0v) is 19.4. The van der Waals surface area contributed by atoms with E-state index in [1.807, 2.05) is 26.1 Å². The summed E-state index contributed by atoms with van der Waals surface area (Å²) in [5, 5.41) is 5.54. The summed E-state index contributed by atoms with van der Waals surface area (Å²) in [6, 6.07) is 14.8. The molecule has 1 aromatic carbocycles. The van der Waals surface area contributed by atoms with Crippen LogP contribution in [0.1, 0.15) is 33.6 Å². The number of hydrogen-bond donors (Lipinski definition) is 1. The quantitative estimate of drug-likeness (QED) is 0.448. The fourth-order valence-corrected chi connectivity index (χ4v) is 4.92. The molecule has 4 heterocycles. The molecule has 1 saturated heterocycles. The maximum absolute atomic E-state index is 6.13. The monoisotopic (exact) mass is 445 g/mol. The average molecular weight is 446 g/mol. The molecule has 164 valence electrons. The fraction of sp³-hybridized carbons (Fsp3) is 0.320. The summed E-state index contributed by atoms with van der Waals surface area (Å²) in [5.74, 6) is 0. The van der Waals surface area contributed by atoms with E-state index in [0.717, 1.165) is 53.1 Å². The lowest BCUT2D eigenvalue weighted by Crippen LogP contribution is -2.38. The average Bonchev–Trinajstić information content (AvgIpc) is 3.10. The molecule has 0 saturated carbocycles. The Hall–Kier alpha value is -2.87. The third-order valence-corrected chi connectivity index (χ3v) is 6.80. The van der Waals surface area contributed by atoms with Crippen LogP contribution in [0.2, 0.25) is 0 Å². The second kappa shape index (κ2) is 8.94. The Bertz CT molecular complexity index is 1230. The van der Waals surface area contributed by atoms with Crippen LogP contribution in [0.15, 0.2) is 48.7 Å². The summed E-state index contributed by atoms with van der Waals surface area (Å²) in [6.45, 7) is 9.47. The number of rotatable bonds is 5. The number of benzene rings is 1. The second-order valence-electron chi connectivity index (χ2n) is 8.33. The van der Waals surface area contributed by atoms with Crippen molar-refractivity contribution in [2.45, 2.75) is 33.4 Å². The molecule has 1 fully saturated rings. The number of nitrogens with zero attached hydrogens (tertiary/aromatic N) is 4. The number of morpholine rings is 1. The molecule has 0 aliphatic carbocycles. The van der Waals surface area contributed by atoms with Gasteiger partial charge in [0, 0.05) is 47.5 Å². The molecule has 32 heavy (non-hydrogen) atoms. The number of hydrogen-bond acceptors (Lipinski definition) is 7. The summed E-state index contributed by atoms with van der Waals surface area (Å²) in [5.41, 5.74) is 6.33. The van der Waals surface area contributed by atoms with Crippen molar-refractivity contribution < 1.29 is 4.74 Å². The standard InChI is InChI=1S/C25H27N5OS/c1-16-11-21(29-25-28-17(2)18(3)32-25)13-23(27-16)24-15-30(9-10-31-24)14-19-6-7-22-20(12-19)5-4-8-26-22/h4-8,11-13,24H,9-10,14-15H2,1-3H3,(H,27,28,29)/t24-/m0/s1. The minimum Gasteiger partial charge on any atom is -0.369 e. The molecule has 1 aliphatic heterocycles. The summed E-state index contributed by atoms with van der Waals surface area (Å²) in [7, 11) is 0. The lowest BCUT2D eigenvalue weighted by atomic mass is 10.1. The van der Waals surface area contributed by atoms with Crippen LogP contribution in [-0.2, 0) is 11.3 Å². The molecule has 5 rings (SSSR count). The highest BCUT2D eigenvalue weighted by Gasteiger charge is 2.24. The van der Waals surface area contributed by atoms with Gasteiger partial charge in [-0.15, -0.1) is 11.3 Å². The highest BCUT2D eigenvalue weighted by Crippen LogP contribution is 2.29. The first-order valence-corrected chi connectivity index (χ1v) is 11.7. The molecule has 0 unspecified atom stereocenters. The van der Waals surface area contributed by atoms with Gasteiger partial charge in [0.25, 0.3) is 0 Å². The van der Waals surface area contributed by atoms with Gasteiger partial charge in [-0.05, 0) is 56.7 Å².